The van der Waals surface area contributed by atoms with Crippen molar-refractivity contribution in [3.05, 3.63) is 71.8 Å². The highest BCUT2D eigenvalue weighted by Gasteiger charge is 2.26. The Hall–Kier alpha value is -2.17. The highest BCUT2D eigenvalue weighted by molar-refractivity contribution is 5.83. The van der Waals surface area contributed by atoms with Crippen molar-refractivity contribution in [2.24, 2.45) is 0 Å². The molecule has 144 valence electrons. The molecule has 1 aliphatic rings. The SMILES string of the molecule is CN(C)C(C(=O)NCC(Cc1ccccc1)N1CCCC1)c1ccccc1. The summed E-state index contributed by atoms with van der Waals surface area (Å²) in [6, 6.07) is 20.7. The molecule has 0 spiro atoms. The molecule has 0 saturated carbocycles. The van der Waals surface area contributed by atoms with E-state index >= 15 is 0 Å². The van der Waals surface area contributed by atoms with Crippen LogP contribution in [-0.4, -0.2) is 55.5 Å². The van der Waals surface area contributed by atoms with E-state index in [0.29, 0.717) is 12.6 Å². The third-order valence-corrected chi connectivity index (χ3v) is 5.36. The van der Waals surface area contributed by atoms with Gasteiger partial charge in [0.15, 0.2) is 0 Å². The summed E-state index contributed by atoms with van der Waals surface area (Å²) < 4.78 is 0. The van der Waals surface area contributed by atoms with Gasteiger partial charge in [0.1, 0.15) is 6.04 Å². The van der Waals surface area contributed by atoms with Crippen LogP contribution in [0.5, 0.6) is 0 Å². The van der Waals surface area contributed by atoms with Gasteiger partial charge in [0.2, 0.25) is 5.91 Å². The number of nitrogens with one attached hydrogen (secondary N) is 1. The smallest absolute Gasteiger partial charge is 0.241 e. The molecule has 0 aromatic heterocycles. The molecule has 4 heteroatoms. The molecule has 2 unspecified atom stereocenters. The number of hydrogen-bond acceptors (Lipinski definition) is 3. The van der Waals surface area contributed by atoms with Crippen LogP contribution in [0.1, 0.15) is 30.0 Å². The second-order valence-electron chi connectivity index (χ2n) is 7.61. The van der Waals surface area contributed by atoms with Crippen molar-refractivity contribution in [1.29, 1.82) is 0 Å². The summed E-state index contributed by atoms with van der Waals surface area (Å²) in [5.74, 6) is 0.0726. The van der Waals surface area contributed by atoms with Crippen LogP contribution in [0.15, 0.2) is 60.7 Å². The maximum absolute atomic E-state index is 13.0. The number of nitrogens with zero attached hydrogens (tertiary/aromatic N) is 2. The fourth-order valence-corrected chi connectivity index (χ4v) is 3.96. The molecule has 1 amide bonds. The number of carbonyl (C=O) groups excluding carboxylic acids is 1. The second kappa shape index (κ2) is 9.67. The van der Waals surface area contributed by atoms with E-state index in [1.165, 1.54) is 18.4 Å². The maximum Gasteiger partial charge on any atom is 0.241 e. The molecule has 1 fully saturated rings. The van der Waals surface area contributed by atoms with Gasteiger partial charge in [-0.15, -0.1) is 0 Å². The Morgan fingerprint density at radius 3 is 2.19 bits per heavy atom. The molecule has 0 bridgehead atoms. The van der Waals surface area contributed by atoms with Crippen molar-refractivity contribution >= 4 is 5.91 Å². The van der Waals surface area contributed by atoms with Crippen molar-refractivity contribution in [3.8, 4) is 0 Å². The minimum atomic E-state index is -0.262. The number of benzene rings is 2. The molecule has 4 nitrogen and oxygen atoms in total. The molecule has 2 atom stereocenters. The fourth-order valence-electron chi connectivity index (χ4n) is 3.96. The van der Waals surface area contributed by atoms with Crippen LogP contribution in [0.3, 0.4) is 0 Å². The molecule has 1 aliphatic heterocycles. The van der Waals surface area contributed by atoms with Crippen molar-refractivity contribution in [3.63, 3.8) is 0 Å². The number of amides is 1. The van der Waals surface area contributed by atoms with E-state index in [-0.39, 0.29) is 11.9 Å². The lowest BCUT2D eigenvalue weighted by Gasteiger charge is -2.30. The quantitative estimate of drug-likeness (QED) is 0.781. The van der Waals surface area contributed by atoms with E-state index in [4.69, 9.17) is 0 Å². The highest BCUT2D eigenvalue weighted by Crippen LogP contribution is 2.19. The Kier molecular flexibility index (Phi) is 7.02. The van der Waals surface area contributed by atoms with Gasteiger partial charge in [-0.1, -0.05) is 60.7 Å². The van der Waals surface area contributed by atoms with Gasteiger partial charge in [0.05, 0.1) is 0 Å². The molecule has 1 heterocycles. The lowest BCUT2D eigenvalue weighted by Crippen LogP contribution is -2.46. The van der Waals surface area contributed by atoms with E-state index in [0.717, 1.165) is 25.1 Å². The Balaban J connectivity index is 1.67. The molecule has 1 N–H and O–H groups in total. The topological polar surface area (TPSA) is 35.6 Å². The average molecular weight is 366 g/mol. The molecule has 2 aromatic carbocycles. The zero-order valence-corrected chi connectivity index (χ0v) is 16.5. The largest absolute Gasteiger partial charge is 0.353 e. The number of carbonyl (C=O) groups is 1. The lowest BCUT2D eigenvalue weighted by molar-refractivity contribution is -0.126. The molecule has 2 aromatic rings. The minimum absolute atomic E-state index is 0.0726. The van der Waals surface area contributed by atoms with Crippen molar-refractivity contribution in [2.45, 2.75) is 31.3 Å². The zero-order chi connectivity index (χ0) is 19.1. The van der Waals surface area contributed by atoms with Gasteiger partial charge in [0.25, 0.3) is 0 Å². The first-order chi connectivity index (χ1) is 13.1. The first kappa shape index (κ1) is 19.6. The van der Waals surface area contributed by atoms with Gasteiger partial charge >= 0.3 is 0 Å². The summed E-state index contributed by atoms with van der Waals surface area (Å²) in [5.41, 5.74) is 2.36. The first-order valence-electron chi connectivity index (χ1n) is 9.92. The third kappa shape index (κ3) is 5.41. The van der Waals surface area contributed by atoms with Gasteiger partial charge in [-0.05, 0) is 57.6 Å². The van der Waals surface area contributed by atoms with Crippen molar-refractivity contribution in [2.75, 3.05) is 33.7 Å². The Morgan fingerprint density at radius 1 is 1.00 bits per heavy atom. The van der Waals surface area contributed by atoms with Crippen molar-refractivity contribution in [1.82, 2.24) is 15.1 Å². The van der Waals surface area contributed by atoms with Crippen LogP contribution in [0.25, 0.3) is 0 Å². The summed E-state index contributed by atoms with van der Waals surface area (Å²) in [6.45, 7) is 2.94. The van der Waals surface area contributed by atoms with E-state index in [9.17, 15) is 4.79 Å². The number of likely N-dealkylation sites (N-methyl/N-ethyl adjacent to an activating group) is 1. The van der Waals surface area contributed by atoms with Crippen LogP contribution >= 0.6 is 0 Å². The normalized spacial score (nSPS) is 17.0. The van der Waals surface area contributed by atoms with Crippen LogP contribution in [0.4, 0.5) is 0 Å². The Bertz CT molecular complexity index is 696. The molecule has 0 radical (unpaired) electrons. The van der Waals surface area contributed by atoms with E-state index in [2.05, 4.69) is 40.5 Å². The van der Waals surface area contributed by atoms with Gasteiger partial charge < -0.3 is 5.32 Å². The second-order valence-corrected chi connectivity index (χ2v) is 7.61. The fraction of sp³-hybridized carbons (Fsp3) is 0.435. The predicted molar refractivity (Wildman–Crippen MR) is 111 cm³/mol. The van der Waals surface area contributed by atoms with Gasteiger partial charge in [-0.25, -0.2) is 0 Å². The van der Waals surface area contributed by atoms with Crippen LogP contribution < -0.4 is 5.32 Å². The highest BCUT2D eigenvalue weighted by atomic mass is 16.2. The molecule has 1 saturated heterocycles. The molecule has 3 rings (SSSR count). The van der Waals surface area contributed by atoms with Gasteiger partial charge in [0, 0.05) is 12.6 Å². The molecule has 0 aliphatic carbocycles. The number of hydrogen-bond donors (Lipinski definition) is 1. The van der Waals surface area contributed by atoms with Crippen LogP contribution in [0.2, 0.25) is 0 Å². The summed E-state index contributed by atoms with van der Waals surface area (Å²) in [5, 5.41) is 3.24. The van der Waals surface area contributed by atoms with Crippen LogP contribution in [-0.2, 0) is 11.2 Å². The molecular weight excluding hydrogens is 334 g/mol. The lowest BCUT2D eigenvalue weighted by atomic mass is 10.0. The molecular formula is C23H31N3O. The summed E-state index contributed by atoms with van der Waals surface area (Å²) in [7, 11) is 3.92. The van der Waals surface area contributed by atoms with E-state index in [1.54, 1.807) is 0 Å². The first-order valence-corrected chi connectivity index (χ1v) is 9.92. The summed E-state index contributed by atoms with van der Waals surface area (Å²) in [4.78, 5) is 17.5. The third-order valence-electron chi connectivity index (χ3n) is 5.36. The Labute approximate surface area is 163 Å². The van der Waals surface area contributed by atoms with E-state index in [1.807, 2.05) is 49.3 Å². The standard InChI is InChI=1S/C23H31N3O/c1-25(2)22(20-13-7-4-8-14-20)23(27)24-18-21(26-15-9-10-16-26)17-19-11-5-3-6-12-19/h3-8,11-14,21-22H,9-10,15-18H2,1-2H3,(H,24,27). The number of likely N-dealkylation sites (tertiary alicyclic amines) is 1. The summed E-state index contributed by atoms with van der Waals surface area (Å²) >= 11 is 0. The van der Waals surface area contributed by atoms with Gasteiger partial charge in [-0.3, -0.25) is 14.6 Å². The zero-order valence-electron chi connectivity index (χ0n) is 16.5. The van der Waals surface area contributed by atoms with Crippen molar-refractivity contribution < 1.29 is 4.79 Å². The maximum atomic E-state index is 13.0. The number of rotatable bonds is 8. The predicted octanol–water partition coefficient (Wildman–Crippen LogP) is 3.11. The monoisotopic (exact) mass is 365 g/mol. The summed E-state index contributed by atoms with van der Waals surface area (Å²) in [6.07, 6.45) is 3.48. The van der Waals surface area contributed by atoms with E-state index < -0.39 is 0 Å². The molecule has 27 heavy (non-hydrogen) atoms. The van der Waals surface area contributed by atoms with Crippen LogP contribution in [0, 0.1) is 0 Å². The Morgan fingerprint density at radius 2 is 1.59 bits per heavy atom. The average Bonchev–Trinajstić information content (AvgIpc) is 3.21. The minimum Gasteiger partial charge on any atom is -0.353 e. The van der Waals surface area contributed by atoms with Gasteiger partial charge in [-0.2, -0.15) is 0 Å².